The van der Waals surface area contributed by atoms with Crippen molar-refractivity contribution in [1.82, 2.24) is 25.1 Å². The highest BCUT2D eigenvalue weighted by atomic mass is 32.2. The topological polar surface area (TPSA) is 86.8 Å². The highest BCUT2D eigenvalue weighted by molar-refractivity contribution is 7.99. The van der Waals surface area contributed by atoms with Crippen LogP contribution >= 0.6 is 11.8 Å². The van der Waals surface area contributed by atoms with Gasteiger partial charge in [0, 0.05) is 23.3 Å². The van der Waals surface area contributed by atoms with Crippen LogP contribution in [0.3, 0.4) is 0 Å². The lowest BCUT2D eigenvalue weighted by Crippen LogP contribution is -1.97. The molecule has 0 bridgehead atoms. The molecule has 0 atom stereocenters. The van der Waals surface area contributed by atoms with Crippen LogP contribution in [0.2, 0.25) is 0 Å². The van der Waals surface area contributed by atoms with E-state index in [1.807, 2.05) is 62.4 Å². The molecule has 2 aromatic carbocycles. The second-order valence-electron chi connectivity index (χ2n) is 7.23. The summed E-state index contributed by atoms with van der Waals surface area (Å²) in [6, 6.07) is 17.7. The second-order valence-corrected chi connectivity index (χ2v) is 8.17. The van der Waals surface area contributed by atoms with E-state index < -0.39 is 0 Å². The lowest BCUT2D eigenvalue weighted by Gasteiger charge is -2.08. The fourth-order valence-corrected chi connectivity index (χ4v) is 3.98. The molecule has 3 heterocycles. The first kappa shape index (κ1) is 20.1. The van der Waals surface area contributed by atoms with E-state index in [2.05, 4.69) is 21.2 Å². The number of fused-ring (bicyclic) bond motifs is 1. The molecule has 0 saturated heterocycles. The largest absolute Gasteiger partial charge is 0.484 e. The standard InChI is InChI=1S/C24H19N5O2S/c1-15-7-8-16(2)20(13-15)30-14-21-28-29-24(31-21)32-23-18-5-3-4-6-19(18)26-22(27-23)17-9-11-25-12-10-17/h3-13H,14H2,1-2H3. The van der Waals surface area contributed by atoms with Crippen LogP contribution in [-0.4, -0.2) is 25.1 Å². The molecule has 32 heavy (non-hydrogen) atoms. The maximum atomic E-state index is 5.88. The summed E-state index contributed by atoms with van der Waals surface area (Å²) < 4.78 is 11.7. The molecule has 0 saturated carbocycles. The average molecular weight is 442 g/mol. The Kier molecular flexibility index (Phi) is 5.51. The molecule has 3 aromatic heterocycles. The number of ether oxygens (including phenoxy) is 1. The van der Waals surface area contributed by atoms with Crippen LogP contribution in [0.4, 0.5) is 0 Å². The van der Waals surface area contributed by atoms with Gasteiger partial charge in [0.15, 0.2) is 12.4 Å². The summed E-state index contributed by atoms with van der Waals surface area (Å²) >= 11 is 1.31. The highest BCUT2D eigenvalue weighted by Gasteiger charge is 2.15. The molecule has 0 unspecified atom stereocenters. The van der Waals surface area contributed by atoms with E-state index >= 15 is 0 Å². The molecule has 0 aliphatic heterocycles. The fraction of sp³-hybridized carbons (Fsp3) is 0.125. The van der Waals surface area contributed by atoms with Crippen molar-refractivity contribution in [2.45, 2.75) is 30.7 Å². The number of aryl methyl sites for hydroxylation is 2. The predicted molar refractivity (Wildman–Crippen MR) is 121 cm³/mol. The summed E-state index contributed by atoms with van der Waals surface area (Å²) in [4.78, 5) is 13.5. The van der Waals surface area contributed by atoms with Gasteiger partial charge in [-0.1, -0.05) is 30.3 Å². The van der Waals surface area contributed by atoms with Gasteiger partial charge in [-0.2, -0.15) is 0 Å². The molecule has 0 N–H and O–H groups in total. The van der Waals surface area contributed by atoms with Crippen LogP contribution in [0.5, 0.6) is 5.75 Å². The smallest absolute Gasteiger partial charge is 0.283 e. The van der Waals surface area contributed by atoms with E-state index in [1.54, 1.807) is 12.4 Å². The molecule has 5 aromatic rings. The zero-order valence-corrected chi connectivity index (χ0v) is 18.3. The summed E-state index contributed by atoms with van der Waals surface area (Å²) in [5, 5.41) is 10.4. The van der Waals surface area contributed by atoms with E-state index in [4.69, 9.17) is 19.1 Å². The number of rotatable bonds is 6. The third kappa shape index (κ3) is 4.31. The van der Waals surface area contributed by atoms with E-state index in [-0.39, 0.29) is 6.61 Å². The van der Waals surface area contributed by atoms with Gasteiger partial charge in [0.25, 0.3) is 11.1 Å². The van der Waals surface area contributed by atoms with Crippen molar-refractivity contribution in [1.29, 1.82) is 0 Å². The zero-order valence-electron chi connectivity index (χ0n) is 17.5. The molecule has 158 valence electrons. The SMILES string of the molecule is Cc1ccc(C)c(OCc2nnc(Sc3nc(-c4ccncc4)nc4ccccc34)o2)c1. The van der Waals surface area contributed by atoms with Gasteiger partial charge in [0.05, 0.1) is 5.52 Å². The minimum atomic E-state index is 0.199. The predicted octanol–water partition coefficient (Wildman–Crippen LogP) is 5.42. The van der Waals surface area contributed by atoms with Crippen molar-refractivity contribution < 1.29 is 9.15 Å². The van der Waals surface area contributed by atoms with Gasteiger partial charge in [-0.05, 0) is 61.0 Å². The Morgan fingerprint density at radius 1 is 0.938 bits per heavy atom. The summed E-state index contributed by atoms with van der Waals surface area (Å²) in [6.07, 6.45) is 3.45. The Balaban J connectivity index is 1.40. The molecule has 0 aliphatic rings. The van der Waals surface area contributed by atoms with Gasteiger partial charge in [-0.25, -0.2) is 9.97 Å². The number of nitrogens with zero attached hydrogens (tertiary/aromatic N) is 5. The van der Waals surface area contributed by atoms with Crippen LogP contribution in [-0.2, 0) is 6.61 Å². The number of hydrogen-bond acceptors (Lipinski definition) is 8. The maximum absolute atomic E-state index is 5.88. The monoisotopic (exact) mass is 441 g/mol. The van der Waals surface area contributed by atoms with Gasteiger partial charge >= 0.3 is 0 Å². The third-order valence-corrected chi connectivity index (χ3v) is 5.68. The Labute approximate surface area is 188 Å². The average Bonchev–Trinajstić information content (AvgIpc) is 3.27. The number of benzene rings is 2. The maximum Gasteiger partial charge on any atom is 0.283 e. The third-order valence-electron chi connectivity index (χ3n) is 4.83. The van der Waals surface area contributed by atoms with Gasteiger partial charge < -0.3 is 9.15 Å². The van der Waals surface area contributed by atoms with Crippen LogP contribution in [0.25, 0.3) is 22.3 Å². The van der Waals surface area contributed by atoms with Crippen molar-refractivity contribution in [3.63, 3.8) is 0 Å². The summed E-state index contributed by atoms with van der Waals surface area (Å²) in [7, 11) is 0. The van der Waals surface area contributed by atoms with Gasteiger partial charge in [-0.3, -0.25) is 4.98 Å². The Morgan fingerprint density at radius 2 is 1.78 bits per heavy atom. The van der Waals surface area contributed by atoms with Crippen molar-refractivity contribution in [3.05, 3.63) is 84.0 Å². The molecule has 0 aliphatic carbocycles. The number of para-hydroxylation sites is 1. The summed E-state index contributed by atoms with van der Waals surface area (Å²) in [6.45, 7) is 4.23. The first-order valence-electron chi connectivity index (χ1n) is 10.0. The summed E-state index contributed by atoms with van der Waals surface area (Å²) in [5.74, 6) is 1.83. The van der Waals surface area contributed by atoms with Gasteiger partial charge in [0.2, 0.25) is 0 Å². The lowest BCUT2D eigenvalue weighted by atomic mass is 10.1. The Bertz CT molecular complexity index is 1390. The van der Waals surface area contributed by atoms with Crippen molar-refractivity contribution in [2.24, 2.45) is 0 Å². The minimum absolute atomic E-state index is 0.199. The molecule has 0 radical (unpaired) electrons. The van der Waals surface area contributed by atoms with Crippen molar-refractivity contribution in [2.75, 3.05) is 0 Å². The van der Waals surface area contributed by atoms with Gasteiger partial charge in [0.1, 0.15) is 10.8 Å². The lowest BCUT2D eigenvalue weighted by molar-refractivity contribution is 0.250. The fourth-order valence-electron chi connectivity index (χ4n) is 3.18. The molecule has 7 nitrogen and oxygen atoms in total. The van der Waals surface area contributed by atoms with Crippen molar-refractivity contribution in [3.8, 4) is 17.1 Å². The van der Waals surface area contributed by atoms with Crippen LogP contribution < -0.4 is 4.74 Å². The van der Waals surface area contributed by atoms with Crippen molar-refractivity contribution >= 4 is 22.7 Å². The first-order valence-corrected chi connectivity index (χ1v) is 10.8. The zero-order chi connectivity index (χ0) is 21.9. The van der Waals surface area contributed by atoms with E-state index in [1.165, 1.54) is 11.8 Å². The summed E-state index contributed by atoms with van der Waals surface area (Å²) in [5.41, 5.74) is 3.92. The number of aromatic nitrogens is 5. The Hall–Kier alpha value is -3.78. The normalized spacial score (nSPS) is 11.1. The molecule has 0 fully saturated rings. The quantitative estimate of drug-likeness (QED) is 0.323. The highest BCUT2D eigenvalue weighted by Crippen LogP contribution is 2.32. The molecular formula is C24H19N5O2S. The van der Waals surface area contributed by atoms with Crippen LogP contribution in [0.1, 0.15) is 17.0 Å². The van der Waals surface area contributed by atoms with E-state index in [0.717, 1.165) is 38.4 Å². The van der Waals surface area contributed by atoms with E-state index in [9.17, 15) is 0 Å². The minimum Gasteiger partial charge on any atom is -0.484 e. The van der Waals surface area contributed by atoms with Crippen LogP contribution in [0.15, 0.2) is 81.7 Å². The number of hydrogen-bond donors (Lipinski definition) is 0. The van der Waals surface area contributed by atoms with Crippen LogP contribution in [0, 0.1) is 13.8 Å². The molecule has 0 spiro atoms. The molecule has 0 amide bonds. The van der Waals surface area contributed by atoms with Gasteiger partial charge in [-0.15, -0.1) is 10.2 Å². The van der Waals surface area contributed by atoms with E-state index in [0.29, 0.717) is 16.9 Å². The number of pyridine rings is 1. The molecule has 5 rings (SSSR count). The first-order chi connectivity index (χ1) is 15.7. The molecule has 8 heteroatoms. The Morgan fingerprint density at radius 3 is 2.66 bits per heavy atom. The second kappa shape index (κ2) is 8.76. The molecular weight excluding hydrogens is 422 g/mol.